The van der Waals surface area contributed by atoms with Gasteiger partial charge in [0, 0.05) is 39.1 Å². The molecule has 492 valence electrons. The van der Waals surface area contributed by atoms with E-state index in [-0.39, 0.29) is 23.7 Å². The van der Waals surface area contributed by atoms with E-state index in [1.54, 1.807) is 28.4 Å². The van der Waals surface area contributed by atoms with Crippen LogP contribution in [0.15, 0.2) is 243 Å². The first-order valence-corrected chi connectivity index (χ1v) is 44.2. The summed E-state index contributed by atoms with van der Waals surface area (Å²) in [6, 6.07) is 61.9. The maximum absolute atomic E-state index is 5.75. The van der Waals surface area contributed by atoms with Crippen LogP contribution in [0.25, 0.3) is 67.4 Å². The normalized spacial score (nSPS) is 16.3. The maximum atomic E-state index is 5.75. The molecule has 0 saturated carbocycles. The molecule has 0 saturated heterocycles. The molecule has 4 nitrogen and oxygen atoms in total. The van der Waals surface area contributed by atoms with Crippen molar-refractivity contribution in [2.45, 2.75) is 64.5 Å². The van der Waals surface area contributed by atoms with Crippen LogP contribution in [-0.2, 0) is 20.8 Å². The van der Waals surface area contributed by atoms with Gasteiger partial charge in [0.25, 0.3) is 0 Å². The van der Waals surface area contributed by atoms with Crippen molar-refractivity contribution in [2.75, 3.05) is 28.4 Å². The van der Waals surface area contributed by atoms with Crippen molar-refractivity contribution in [3.05, 3.63) is 332 Å². The Hall–Kier alpha value is -8.78. The van der Waals surface area contributed by atoms with Crippen LogP contribution in [0.1, 0.15) is 113 Å². The zero-order valence-corrected chi connectivity index (χ0v) is 63.6. The molecule has 12 aromatic carbocycles. The molecular formula is C90H78Cl2O4Si2Zr-4. The summed E-state index contributed by atoms with van der Waals surface area (Å²) in [5, 5.41) is 15.7. The Bertz CT molecular complexity index is 4690. The van der Waals surface area contributed by atoms with Crippen molar-refractivity contribution in [3.63, 3.8) is 0 Å². The van der Waals surface area contributed by atoms with Gasteiger partial charge < -0.3 is 18.9 Å². The zero-order chi connectivity index (χ0) is 68.6. The van der Waals surface area contributed by atoms with E-state index in [9.17, 15) is 0 Å². The van der Waals surface area contributed by atoms with Crippen LogP contribution >= 0.6 is 17.0 Å². The molecule has 0 amide bonds. The van der Waals surface area contributed by atoms with E-state index >= 15 is 0 Å². The minimum atomic E-state index is -1.14. The topological polar surface area (TPSA) is 36.9 Å². The number of methoxy groups -OCH3 is 4. The van der Waals surface area contributed by atoms with Crippen LogP contribution in [0.3, 0.4) is 0 Å². The van der Waals surface area contributed by atoms with Gasteiger partial charge in [-0.1, -0.05) is 211 Å². The summed E-state index contributed by atoms with van der Waals surface area (Å²) >= 11 is -0.826. The molecule has 0 fully saturated rings. The van der Waals surface area contributed by atoms with E-state index in [2.05, 4.69) is 308 Å². The Balaban J connectivity index is 0.000000163. The Kier molecular flexibility index (Phi) is 19.9. The van der Waals surface area contributed by atoms with Gasteiger partial charge in [0.2, 0.25) is 0 Å². The summed E-state index contributed by atoms with van der Waals surface area (Å²) in [7, 11) is 14.6. The zero-order valence-electron chi connectivity index (χ0n) is 57.6. The molecule has 0 spiro atoms. The van der Waals surface area contributed by atoms with Crippen molar-refractivity contribution in [2.24, 2.45) is 0 Å². The number of hydrogen-bond donors (Lipinski definition) is 0. The van der Waals surface area contributed by atoms with Crippen LogP contribution < -0.4 is 39.7 Å². The van der Waals surface area contributed by atoms with Crippen molar-refractivity contribution in [3.8, 4) is 23.0 Å². The van der Waals surface area contributed by atoms with Crippen LogP contribution in [-0.4, -0.2) is 46.0 Å². The van der Waals surface area contributed by atoms with Gasteiger partial charge in [-0.2, -0.15) is 68.8 Å². The molecule has 0 aliphatic heterocycles. The number of rotatable bonds is 12. The SMILES string of the molecule is COc1ccc(C2C=CC=Cc3c2cc(C)[c-]3[Si](C)[c-]2c(C)cc3c2C=CC=CC3c2ccc(OC)c3ccccc23)c2ccccc12.COc1ccc(C2C=CC=Cc3c2cc(C)[c-]3[Si](C)[c-]2c(C)cc3c2C=CC=CC3c2ccc(OC)c3ccccc23)c2ccccc12.[Cl][Zr][Cl]. The minimum absolute atomic E-state index is 0.155. The van der Waals surface area contributed by atoms with Crippen molar-refractivity contribution >= 4 is 123 Å². The van der Waals surface area contributed by atoms with Crippen molar-refractivity contribution in [1.29, 1.82) is 0 Å². The average molecular weight is 1440 g/mol. The second-order valence-corrected chi connectivity index (χ2v) is 34.3. The summed E-state index contributed by atoms with van der Waals surface area (Å²) in [5.41, 5.74) is 22.0. The third kappa shape index (κ3) is 12.3. The fourth-order valence-electron chi connectivity index (χ4n) is 16.7. The van der Waals surface area contributed by atoms with Gasteiger partial charge in [0.05, 0.1) is 28.4 Å². The Morgan fingerprint density at radius 1 is 0.293 bits per heavy atom. The van der Waals surface area contributed by atoms with E-state index in [4.69, 9.17) is 36.0 Å². The summed E-state index contributed by atoms with van der Waals surface area (Å²) in [6.07, 6.45) is 36.7. The van der Waals surface area contributed by atoms with E-state index in [1.807, 2.05) is 0 Å². The number of fused-ring (bicyclic) bond motifs is 8. The van der Waals surface area contributed by atoms with Crippen molar-refractivity contribution in [1.82, 2.24) is 0 Å². The molecule has 4 aliphatic carbocycles. The summed E-state index contributed by atoms with van der Waals surface area (Å²) in [6.45, 7) is 14.3. The van der Waals surface area contributed by atoms with E-state index in [0.29, 0.717) is 0 Å². The van der Waals surface area contributed by atoms with Crippen molar-refractivity contribution < 1.29 is 39.8 Å². The number of benzene rings is 8. The van der Waals surface area contributed by atoms with Crippen LogP contribution in [0.5, 0.6) is 23.0 Å². The van der Waals surface area contributed by atoms with Gasteiger partial charge in [-0.3, -0.25) is 0 Å². The molecule has 0 aromatic heterocycles. The molecule has 0 heterocycles. The standard InChI is InChI=1S/2C45H39O2Si.2ClH.Zr/c2*1-28-26-40-32(34-22-24-42(46-3)36-18-10-6-14-30(34)36)16-8-12-20-38(40)44(28)48(5)45-29(2)27-41-33(17-9-13-21-39(41)45)35-23-25-43(47-4)37-19-11-7-15-31(35)37;;;/h2*6-27,32-33H,1-5H3;2*1H;/q2*-2;;;+2/p-2. The van der Waals surface area contributed by atoms with Crippen LogP contribution in [0.2, 0.25) is 13.1 Å². The van der Waals surface area contributed by atoms with Gasteiger partial charge >= 0.3 is 37.9 Å². The number of allylic oxidation sites excluding steroid dienone is 12. The van der Waals surface area contributed by atoms with E-state index < -0.39 is 38.4 Å². The molecular weight excluding hydrogens is 1360 g/mol. The van der Waals surface area contributed by atoms with Crippen LogP contribution in [0, 0.1) is 27.7 Å². The molecule has 9 heteroatoms. The Morgan fingerprint density at radius 2 is 0.495 bits per heavy atom. The first-order valence-electron chi connectivity index (χ1n) is 33.9. The van der Waals surface area contributed by atoms with Gasteiger partial charge in [-0.25, -0.2) is 0 Å². The molecule has 99 heavy (non-hydrogen) atoms. The number of aryl methyl sites for hydroxylation is 4. The predicted octanol–water partition coefficient (Wildman–Crippen LogP) is 20.8. The van der Waals surface area contributed by atoms with E-state index in [1.165, 1.54) is 131 Å². The molecule has 0 N–H and O–H groups in total. The molecule has 0 bridgehead atoms. The quantitative estimate of drug-likeness (QED) is 0.0902. The predicted molar refractivity (Wildman–Crippen MR) is 423 cm³/mol. The monoisotopic (exact) mass is 1440 g/mol. The van der Waals surface area contributed by atoms with E-state index in [0.717, 1.165) is 44.5 Å². The molecule has 4 unspecified atom stereocenters. The number of hydrogen-bond acceptors (Lipinski definition) is 4. The second-order valence-electron chi connectivity index (χ2n) is 26.1. The number of ether oxygens (including phenoxy) is 4. The Morgan fingerprint density at radius 3 is 0.697 bits per heavy atom. The van der Waals surface area contributed by atoms with Gasteiger partial charge in [0.15, 0.2) is 0 Å². The Labute approximate surface area is 605 Å². The summed E-state index contributed by atoms with van der Waals surface area (Å²) < 4.78 is 23.0. The first kappa shape index (κ1) is 67.4. The van der Waals surface area contributed by atoms with Gasteiger partial charge in [-0.15, -0.1) is 91.6 Å². The fourth-order valence-corrected chi connectivity index (χ4v) is 22.4. The molecule has 4 atom stereocenters. The third-order valence-electron chi connectivity index (χ3n) is 20.8. The fraction of sp³-hybridized carbons (Fsp3) is 0.156. The number of halogens is 2. The van der Waals surface area contributed by atoms with Gasteiger partial charge in [-0.05, 0) is 91.7 Å². The third-order valence-corrected chi connectivity index (χ3v) is 26.5. The molecule has 4 aliphatic rings. The molecule has 16 rings (SSSR count). The van der Waals surface area contributed by atoms with Gasteiger partial charge in [0.1, 0.15) is 23.0 Å². The summed E-state index contributed by atoms with van der Waals surface area (Å²) in [4.78, 5) is 0. The summed E-state index contributed by atoms with van der Waals surface area (Å²) in [5.74, 6) is 4.29. The van der Waals surface area contributed by atoms with Crippen LogP contribution in [0.4, 0.5) is 0 Å². The molecule has 12 aromatic rings. The first-order chi connectivity index (χ1) is 48.4. The average Bonchev–Trinajstić information content (AvgIpc) is 1.61. The molecule has 2 radical (unpaired) electrons. The second kappa shape index (κ2) is 29.2.